The van der Waals surface area contributed by atoms with E-state index in [1.807, 2.05) is 0 Å². The number of aromatic nitrogens is 4. The molecule has 22 heavy (non-hydrogen) atoms. The standard InChI is InChI=1S/C16H23N5O/c17-14-8-10-15(11-9-14)21-16(22)20(18-19-21)12-4-7-13-5-2-1-3-6-13/h8-11,13H,1-7,12,17H2. The van der Waals surface area contributed by atoms with E-state index in [2.05, 4.69) is 10.4 Å². The van der Waals surface area contributed by atoms with E-state index < -0.39 is 0 Å². The molecule has 1 aliphatic rings. The predicted molar refractivity (Wildman–Crippen MR) is 85.8 cm³/mol. The van der Waals surface area contributed by atoms with Crippen LogP contribution in [0.5, 0.6) is 0 Å². The molecule has 1 aromatic heterocycles. The van der Waals surface area contributed by atoms with Crippen LogP contribution in [0, 0.1) is 5.92 Å². The Morgan fingerprint density at radius 3 is 2.55 bits per heavy atom. The maximum absolute atomic E-state index is 12.3. The van der Waals surface area contributed by atoms with Gasteiger partial charge in [0.15, 0.2) is 0 Å². The Bertz CT molecular complexity index is 652. The van der Waals surface area contributed by atoms with Crippen LogP contribution < -0.4 is 11.4 Å². The van der Waals surface area contributed by atoms with Gasteiger partial charge in [-0.2, -0.15) is 9.36 Å². The van der Waals surface area contributed by atoms with Crippen LogP contribution in [0.1, 0.15) is 44.9 Å². The highest BCUT2D eigenvalue weighted by Gasteiger charge is 2.14. The third-order valence-electron chi connectivity index (χ3n) is 4.48. The van der Waals surface area contributed by atoms with Crippen molar-refractivity contribution in [2.75, 3.05) is 5.73 Å². The fourth-order valence-electron chi connectivity index (χ4n) is 3.20. The molecule has 1 heterocycles. The van der Waals surface area contributed by atoms with Crippen molar-refractivity contribution in [1.29, 1.82) is 0 Å². The van der Waals surface area contributed by atoms with E-state index in [-0.39, 0.29) is 5.69 Å². The number of hydrogen-bond acceptors (Lipinski definition) is 4. The summed E-state index contributed by atoms with van der Waals surface area (Å²) in [7, 11) is 0. The van der Waals surface area contributed by atoms with Crippen molar-refractivity contribution in [2.45, 2.75) is 51.5 Å². The average Bonchev–Trinajstić information content (AvgIpc) is 2.90. The molecule has 2 aromatic rings. The van der Waals surface area contributed by atoms with Gasteiger partial charge in [0, 0.05) is 12.2 Å². The number of rotatable bonds is 5. The SMILES string of the molecule is Nc1ccc(-n2nnn(CCCC3CCCCC3)c2=O)cc1. The van der Waals surface area contributed by atoms with Crippen LogP contribution in [0.3, 0.4) is 0 Å². The number of benzene rings is 1. The Kier molecular flexibility index (Phi) is 4.56. The molecule has 0 unspecified atom stereocenters. The van der Waals surface area contributed by atoms with Crippen LogP contribution >= 0.6 is 0 Å². The number of tetrazole rings is 1. The summed E-state index contributed by atoms with van der Waals surface area (Å²) >= 11 is 0. The fraction of sp³-hybridized carbons (Fsp3) is 0.562. The van der Waals surface area contributed by atoms with E-state index >= 15 is 0 Å². The van der Waals surface area contributed by atoms with Crippen molar-refractivity contribution < 1.29 is 0 Å². The summed E-state index contributed by atoms with van der Waals surface area (Å²) in [5.74, 6) is 0.830. The molecule has 118 valence electrons. The highest BCUT2D eigenvalue weighted by molar-refractivity contribution is 5.44. The van der Waals surface area contributed by atoms with Crippen LogP contribution in [0.2, 0.25) is 0 Å². The predicted octanol–water partition coefficient (Wildman–Crippen LogP) is 2.37. The van der Waals surface area contributed by atoms with E-state index in [1.54, 1.807) is 24.3 Å². The molecule has 0 spiro atoms. The number of nitrogen functional groups attached to an aromatic ring is 1. The van der Waals surface area contributed by atoms with Crippen molar-refractivity contribution in [1.82, 2.24) is 19.8 Å². The zero-order valence-corrected chi connectivity index (χ0v) is 12.8. The lowest BCUT2D eigenvalue weighted by Crippen LogP contribution is -2.24. The summed E-state index contributed by atoms with van der Waals surface area (Å²) in [6.45, 7) is 0.643. The molecule has 0 amide bonds. The Labute approximate surface area is 129 Å². The normalized spacial score (nSPS) is 16.0. The van der Waals surface area contributed by atoms with E-state index in [1.165, 1.54) is 47.9 Å². The van der Waals surface area contributed by atoms with Crippen LogP contribution in [0.15, 0.2) is 29.1 Å². The molecule has 6 heteroatoms. The molecule has 0 bridgehead atoms. The van der Waals surface area contributed by atoms with Gasteiger partial charge in [-0.25, -0.2) is 4.79 Å². The Morgan fingerprint density at radius 2 is 1.82 bits per heavy atom. The highest BCUT2D eigenvalue weighted by Crippen LogP contribution is 2.27. The summed E-state index contributed by atoms with van der Waals surface area (Å²) in [5.41, 5.74) is 6.83. The fourth-order valence-corrected chi connectivity index (χ4v) is 3.20. The maximum Gasteiger partial charge on any atom is 0.368 e. The lowest BCUT2D eigenvalue weighted by molar-refractivity contribution is 0.322. The molecule has 0 atom stereocenters. The number of nitrogens with zero attached hydrogens (tertiary/aromatic N) is 4. The second-order valence-electron chi connectivity index (χ2n) is 6.13. The molecular formula is C16H23N5O. The molecule has 0 radical (unpaired) electrons. The average molecular weight is 301 g/mol. The minimum atomic E-state index is -0.187. The van der Waals surface area contributed by atoms with Gasteiger partial charge in [-0.15, -0.1) is 0 Å². The Balaban J connectivity index is 1.61. The molecule has 0 saturated heterocycles. The molecular weight excluding hydrogens is 278 g/mol. The molecule has 6 nitrogen and oxygen atoms in total. The Morgan fingerprint density at radius 1 is 1.09 bits per heavy atom. The van der Waals surface area contributed by atoms with E-state index in [0.717, 1.165) is 12.3 Å². The van der Waals surface area contributed by atoms with E-state index in [0.29, 0.717) is 17.9 Å². The van der Waals surface area contributed by atoms with Crippen LogP contribution in [-0.4, -0.2) is 19.8 Å². The molecule has 0 aliphatic heterocycles. The first-order valence-corrected chi connectivity index (χ1v) is 8.13. The van der Waals surface area contributed by atoms with Gasteiger partial charge in [-0.05, 0) is 53.5 Å². The Hall–Kier alpha value is -2.11. The van der Waals surface area contributed by atoms with Gasteiger partial charge in [0.05, 0.1) is 5.69 Å². The quantitative estimate of drug-likeness (QED) is 0.860. The highest BCUT2D eigenvalue weighted by atomic mass is 16.2. The van der Waals surface area contributed by atoms with Gasteiger partial charge in [0.2, 0.25) is 0 Å². The lowest BCUT2D eigenvalue weighted by atomic mass is 9.86. The van der Waals surface area contributed by atoms with Crippen molar-refractivity contribution in [3.05, 3.63) is 34.7 Å². The summed E-state index contributed by atoms with van der Waals surface area (Å²) < 4.78 is 2.78. The van der Waals surface area contributed by atoms with Gasteiger partial charge >= 0.3 is 5.69 Å². The van der Waals surface area contributed by atoms with Crippen molar-refractivity contribution in [3.8, 4) is 5.69 Å². The maximum atomic E-state index is 12.3. The number of nitrogens with two attached hydrogens (primary N) is 1. The number of aryl methyl sites for hydroxylation is 1. The third-order valence-corrected chi connectivity index (χ3v) is 4.48. The second kappa shape index (κ2) is 6.77. The number of anilines is 1. The topological polar surface area (TPSA) is 78.7 Å². The summed E-state index contributed by atoms with van der Waals surface area (Å²) in [6, 6.07) is 7.06. The minimum Gasteiger partial charge on any atom is -0.399 e. The molecule has 1 aromatic carbocycles. The first-order valence-electron chi connectivity index (χ1n) is 8.13. The molecule has 1 aliphatic carbocycles. The zero-order chi connectivity index (χ0) is 15.4. The van der Waals surface area contributed by atoms with Crippen molar-refractivity contribution >= 4 is 5.69 Å². The van der Waals surface area contributed by atoms with Gasteiger partial charge in [0.1, 0.15) is 0 Å². The summed E-state index contributed by atoms with van der Waals surface area (Å²) in [5, 5.41) is 7.94. The van der Waals surface area contributed by atoms with E-state index in [4.69, 9.17) is 5.73 Å². The lowest BCUT2D eigenvalue weighted by Gasteiger charge is -2.20. The monoisotopic (exact) mass is 301 g/mol. The van der Waals surface area contributed by atoms with Gasteiger partial charge < -0.3 is 5.73 Å². The first kappa shape index (κ1) is 14.8. The van der Waals surface area contributed by atoms with Gasteiger partial charge in [-0.3, -0.25) is 0 Å². The molecule has 1 saturated carbocycles. The number of hydrogen-bond donors (Lipinski definition) is 1. The zero-order valence-electron chi connectivity index (χ0n) is 12.8. The summed E-state index contributed by atoms with van der Waals surface area (Å²) in [4.78, 5) is 12.3. The van der Waals surface area contributed by atoms with Gasteiger partial charge in [-0.1, -0.05) is 32.1 Å². The third kappa shape index (κ3) is 3.37. The molecule has 2 N–H and O–H groups in total. The van der Waals surface area contributed by atoms with Crippen LogP contribution in [0.4, 0.5) is 5.69 Å². The van der Waals surface area contributed by atoms with Crippen LogP contribution in [-0.2, 0) is 6.54 Å². The molecule has 1 fully saturated rings. The minimum absolute atomic E-state index is 0.187. The second-order valence-corrected chi connectivity index (χ2v) is 6.13. The van der Waals surface area contributed by atoms with Crippen molar-refractivity contribution in [2.24, 2.45) is 5.92 Å². The van der Waals surface area contributed by atoms with Crippen molar-refractivity contribution in [3.63, 3.8) is 0 Å². The van der Waals surface area contributed by atoms with E-state index in [9.17, 15) is 4.79 Å². The summed E-state index contributed by atoms with van der Waals surface area (Å²) in [6.07, 6.45) is 8.95. The van der Waals surface area contributed by atoms with Crippen LogP contribution in [0.25, 0.3) is 5.69 Å². The van der Waals surface area contributed by atoms with Gasteiger partial charge in [0.25, 0.3) is 0 Å². The largest absolute Gasteiger partial charge is 0.399 e. The smallest absolute Gasteiger partial charge is 0.368 e. The first-order chi connectivity index (χ1) is 10.7. The molecule has 3 rings (SSSR count).